The highest BCUT2D eigenvalue weighted by atomic mass is 19.2. The smallest absolute Gasteiger partial charge is 0.258 e. The van der Waals surface area contributed by atoms with E-state index in [1.807, 2.05) is 25.1 Å². The number of carbonyl (C=O) groups excluding carboxylic acids is 1. The fourth-order valence-electron chi connectivity index (χ4n) is 2.40. The molecular weight excluding hydrogens is 283 g/mol. The number of hydrogen-bond donors (Lipinski definition) is 0. The molecule has 0 aliphatic carbocycles. The van der Waals surface area contributed by atoms with Gasteiger partial charge in [-0.3, -0.25) is 4.79 Å². The van der Waals surface area contributed by atoms with Crippen LogP contribution in [0.25, 0.3) is 0 Å². The monoisotopic (exact) mass is 297 g/mol. The lowest BCUT2D eigenvalue weighted by atomic mass is 10.0. The zero-order chi connectivity index (χ0) is 15.7. The van der Waals surface area contributed by atoms with Crippen LogP contribution in [0.1, 0.15) is 28.4 Å². The number of carbonyl (C=O) groups is 1. The van der Waals surface area contributed by atoms with Gasteiger partial charge >= 0.3 is 0 Å². The van der Waals surface area contributed by atoms with E-state index in [-0.39, 0.29) is 12.1 Å². The number of fused-ring (bicyclic) bond motifs is 1. The van der Waals surface area contributed by atoms with Crippen molar-refractivity contribution in [2.45, 2.75) is 12.5 Å². The van der Waals surface area contributed by atoms with Crippen LogP contribution in [-0.2, 0) is 0 Å². The first-order chi connectivity index (χ1) is 9.88. The van der Waals surface area contributed by atoms with Crippen LogP contribution in [-0.4, -0.2) is 42.9 Å². The van der Waals surface area contributed by atoms with E-state index in [0.717, 1.165) is 11.0 Å². The number of rotatable bonds is 4. The Morgan fingerprint density at radius 3 is 2.57 bits per heavy atom. The van der Waals surface area contributed by atoms with E-state index in [9.17, 15) is 18.0 Å². The largest absolute Gasteiger partial charge is 0.318 e. The molecular formula is C14H14F3N3O. The summed E-state index contributed by atoms with van der Waals surface area (Å²) >= 11 is 0. The number of halogens is 3. The molecule has 1 aliphatic rings. The Morgan fingerprint density at radius 2 is 2.00 bits per heavy atom. The highest BCUT2D eigenvalue weighted by Gasteiger charge is 2.40. The van der Waals surface area contributed by atoms with Crippen molar-refractivity contribution in [1.82, 2.24) is 9.80 Å². The van der Waals surface area contributed by atoms with E-state index in [0.29, 0.717) is 13.0 Å². The van der Waals surface area contributed by atoms with Crippen molar-refractivity contribution in [1.29, 1.82) is 5.26 Å². The normalized spacial score (nSPS) is 17.3. The second kappa shape index (κ2) is 5.74. The Kier molecular flexibility index (Phi) is 4.19. The van der Waals surface area contributed by atoms with Gasteiger partial charge in [0.1, 0.15) is 6.04 Å². The van der Waals surface area contributed by atoms with Gasteiger partial charge in [0.05, 0.1) is 11.6 Å². The van der Waals surface area contributed by atoms with Gasteiger partial charge in [-0.1, -0.05) is 0 Å². The van der Waals surface area contributed by atoms with Crippen LogP contribution in [0.4, 0.5) is 13.2 Å². The molecule has 0 N–H and O–H groups in total. The Hall–Kier alpha value is -2.07. The van der Waals surface area contributed by atoms with Gasteiger partial charge in [0.15, 0.2) is 17.5 Å². The van der Waals surface area contributed by atoms with Crippen molar-refractivity contribution >= 4 is 5.91 Å². The highest BCUT2D eigenvalue weighted by Crippen LogP contribution is 2.36. The zero-order valence-corrected chi connectivity index (χ0v) is 11.7. The van der Waals surface area contributed by atoms with Gasteiger partial charge in [-0.2, -0.15) is 5.26 Å². The van der Waals surface area contributed by atoms with Gasteiger partial charge in [0, 0.05) is 12.1 Å². The van der Waals surface area contributed by atoms with Gasteiger partial charge in [-0.05, 0) is 33.1 Å². The molecule has 0 bridgehead atoms. The van der Waals surface area contributed by atoms with Gasteiger partial charge in [-0.15, -0.1) is 0 Å². The number of nitrogens with zero attached hydrogens (tertiary/aromatic N) is 3. The Labute approximate surface area is 120 Å². The molecule has 0 saturated heterocycles. The predicted octanol–water partition coefficient (Wildman–Crippen LogP) is 2.08. The number of hydrogen-bond acceptors (Lipinski definition) is 3. The molecule has 4 nitrogen and oxygen atoms in total. The third kappa shape index (κ3) is 2.59. The minimum Gasteiger partial charge on any atom is -0.318 e. The number of benzene rings is 1. The number of nitriles is 1. The average molecular weight is 297 g/mol. The first-order valence-corrected chi connectivity index (χ1v) is 6.41. The van der Waals surface area contributed by atoms with E-state index >= 15 is 0 Å². The van der Waals surface area contributed by atoms with E-state index in [1.54, 1.807) is 0 Å². The molecule has 0 aromatic heterocycles. The minimum atomic E-state index is -1.69. The predicted molar refractivity (Wildman–Crippen MR) is 68.9 cm³/mol. The summed E-state index contributed by atoms with van der Waals surface area (Å²) < 4.78 is 40.3. The molecule has 0 saturated carbocycles. The van der Waals surface area contributed by atoms with Crippen LogP contribution in [0.15, 0.2) is 6.07 Å². The standard InChI is InChI=1S/C14H14F3N3O/c1-19(2)4-3-5-20-10(7-18)8-6-9(15)12(16)13(17)11(8)14(20)21/h6,10H,3-5H2,1-2H3. The minimum absolute atomic E-state index is 0.108. The van der Waals surface area contributed by atoms with Gasteiger partial charge in [0.25, 0.3) is 5.91 Å². The third-order valence-electron chi connectivity index (χ3n) is 3.40. The maximum atomic E-state index is 13.8. The van der Waals surface area contributed by atoms with Crippen molar-refractivity contribution < 1.29 is 18.0 Å². The summed E-state index contributed by atoms with van der Waals surface area (Å²) in [5, 5.41) is 9.17. The maximum Gasteiger partial charge on any atom is 0.258 e. The first kappa shape index (κ1) is 15.3. The molecule has 1 unspecified atom stereocenters. The summed E-state index contributed by atoms with van der Waals surface area (Å²) in [6.07, 6.45) is 0.567. The van der Waals surface area contributed by atoms with Crippen LogP contribution < -0.4 is 0 Å². The molecule has 7 heteroatoms. The van der Waals surface area contributed by atoms with Crippen LogP contribution in [0.5, 0.6) is 0 Å². The molecule has 1 aromatic carbocycles. The second-order valence-electron chi connectivity index (χ2n) is 5.14. The highest BCUT2D eigenvalue weighted by molar-refractivity contribution is 6.00. The molecule has 1 aliphatic heterocycles. The van der Waals surface area contributed by atoms with Gasteiger partial charge < -0.3 is 9.80 Å². The summed E-state index contributed by atoms with van der Waals surface area (Å²) in [5.41, 5.74) is -0.644. The van der Waals surface area contributed by atoms with Crippen molar-refractivity contribution in [3.05, 3.63) is 34.6 Å². The molecule has 112 valence electrons. The van der Waals surface area contributed by atoms with E-state index < -0.39 is 35.0 Å². The maximum absolute atomic E-state index is 13.8. The van der Waals surface area contributed by atoms with Gasteiger partial charge in [-0.25, -0.2) is 13.2 Å². The molecule has 21 heavy (non-hydrogen) atoms. The van der Waals surface area contributed by atoms with Crippen molar-refractivity contribution in [2.24, 2.45) is 0 Å². The topological polar surface area (TPSA) is 47.3 Å². The summed E-state index contributed by atoms with van der Waals surface area (Å²) in [6.45, 7) is 0.885. The quantitative estimate of drug-likeness (QED) is 0.799. The summed E-state index contributed by atoms with van der Waals surface area (Å²) in [4.78, 5) is 15.2. The molecule has 0 spiro atoms. The zero-order valence-electron chi connectivity index (χ0n) is 11.7. The SMILES string of the molecule is CN(C)CCCN1C(=O)c2c(cc(F)c(F)c2F)C1C#N. The molecule has 0 fully saturated rings. The Balaban J connectivity index is 2.35. The molecule has 0 radical (unpaired) electrons. The van der Waals surface area contributed by atoms with E-state index in [1.165, 1.54) is 0 Å². The lowest BCUT2D eigenvalue weighted by molar-refractivity contribution is 0.0748. The fourth-order valence-corrected chi connectivity index (χ4v) is 2.40. The van der Waals surface area contributed by atoms with Crippen LogP contribution >= 0.6 is 0 Å². The molecule has 1 atom stereocenters. The lowest BCUT2D eigenvalue weighted by Gasteiger charge is -2.20. The van der Waals surface area contributed by atoms with Crippen LogP contribution in [0.2, 0.25) is 0 Å². The Bertz CT molecular complexity index is 625. The Morgan fingerprint density at radius 1 is 1.33 bits per heavy atom. The molecule has 1 heterocycles. The van der Waals surface area contributed by atoms with Crippen molar-refractivity contribution in [3.8, 4) is 6.07 Å². The fraction of sp³-hybridized carbons (Fsp3) is 0.429. The van der Waals surface area contributed by atoms with Crippen LogP contribution in [0, 0.1) is 28.8 Å². The van der Waals surface area contributed by atoms with Crippen molar-refractivity contribution in [2.75, 3.05) is 27.2 Å². The van der Waals surface area contributed by atoms with E-state index in [2.05, 4.69) is 0 Å². The van der Waals surface area contributed by atoms with Gasteiger partial charge in [0.2, 0.25) is 0 Å². The van der Waals surface area contributed by atoms with Crippen LogP contribution in [0.3, 0.4) is 0 Å². The molecule has 1 amide bonds. The molecule has 1 aromatic rings. The second-order valence-corrected chi connectivity index (χ2v) is 5.14. The summed E-state index contributed by atoms with van der Waals surface area (Å²) in [6, 6.07) is 1.49. The summed E-state index contributed by atoms with van der Waals surface area (Å²) in [5.74, 6) is -5.37. The number of amides is 1. The lowest BCUT2D eigenvalue weighted by Crippen LogP contribution is -2.30. The first-order valence-electron chi connectivity index (χ1n) is 6.41. The molecule has 2 rings (SSSR count). The average Bonchev–Trinajstić information content (AvgIpc) is 2.68. The van der Waals surface area contributed by atoms with E-state index in [4.69, 9.17) is 5.26 Å². The third-order valence-corrected chi connectivity index (χ3v) is 3.40. The van der Waals surface area contributed by atoms with Crippen molar-refractivity contribution in [3.63, 3.8) is 0 Å². The summed E-state index contributed by atoms with van der Waals surface area (Å²) in [7, 11) is 3.71.